The van der Waals surface area contributed by atoms with Crippen LogP contribution in [0.1, 0.15) is 24.6 Å². The summed E-state index contributed by atoms with van der Waals surface area (Å²) in [6.07, 6.45) is 6.05. The fourth-order valence-electron chi connectivity index (χ4n) is 3.80. The van der Waals surface area contributed by atoms with Crippen LogP contribution in [-0.4, -0.2) is 59.0 Å². The van der Waals surface area contributed by atoms with Gasteiger partial charge in [-0.15, -0.1) is 0 Å². The molecule has 0 radical (unpaired) electrons. The third-order valence-electron chi connectivity index (χ3n) is 5.20. The van der Waals surface area contributed by atoms with Crippen molar-refractivity contribution in [2.24, 2.45) is 13.0 Å². The van der Waals surface area contributed by atoms with Crippen molar-refractivity contribution in [3.63, 3.8) is 0 Å². The van der Waals surface area contributed by atoms with E-state index in [2.05, 4.69) is 21.5 Å². The van der Waals surface area contributed by atoms with E-state index in [-0.39, 0.29) is 18.6 Å². The average Bonchev–Trinajstić information content (AvgIpc) is 3.06. The molecule has 2 atom stereocenters. The van der Waals surface area contributed by atoms with Crippen LogP contribution < -0.4 is 4.74 Å². The number of rotatable bonds is 6. The van der Waals surface area contributed by atoms with Crippen molar-refractivity contribution in [3.05, 3.63) is 48.5 Å². The van der Waals surface area contributed by atoms with Crippen molar-refractivity contribution < 1.29 is 9.53 Å². The molecule has 1 saturated heterocycles. The number of aromatic nitrogens is 2. The van der Waals surface area contributed by atoms with Gasteiger partial charge >= 0.3 is 0 Å². The zero-order valence-corrected chi connectivity index (χ0v) is 15.8. The molecular weight excluding hydrogens is 328 g/mol. The van der Waals surface area contributed by atoms with Gasteiger partial charge in [0.2, 0.25) is 0 Å². The van der Waals surface area contributed by atoms with Gasteiger partial charge in [0.15, 0.2) is 6.61 Å². The molecule has 0 saturated carbocycles. The largest absolute Gasteiger partial charge is 0.484 e. The fraction of sp³-hybridized carbons (Fsp3) is 0.500. The van der Waals surface area contributed by atoms with Crippen LogP contribution in [-0.2, 0) is 11.8 Å². The second-order valence-corrected chi connectivity index (χ2v) is 7.13. The Balaban J connectivity index is 1.61. The molecule has 2 heterocycles. The summed E-state index contributed by atoms with van der Waals surface area (Å²) in [5, 5.41) is 0. The molecule has 1 aliphatic rings. The first-order chi connectivity index (χ1) is 12.6. The maximum atomic E-state index is 12.5. The molecule has 6 nitrogen and oxygen atoms in total. The average molecular weight is 356 g/mol. The number of carbonyl (C=O) groups is 1. The predicted molar refractivity (Wildman–Crippen MR) is 101 cm³/mol. The van der Waals surface area contributed by atoms with Crippen molar-refractivity contribution in [2.45, 2.75) is 18.9 Å². The first-order valence-electron chi connectivity index (χ1n) is 9.14. The number of aryl methyl sites for hydroxylation is 1. The van der Waals surface area contributed by atoms with E-state index in [0.717, 1.165) is 31.7 Å². The quantitative estimate of drug-likeness (QED) is 0.797. The Hall–Kier alpha value is -2.34. The number of hydrogen-bond donors (Lipinski definition) is 0. The molecular formula is C20H28N4O2. The molecule has 6 heteroatoms. The normalized spacial score (nSPS) is 20.7. The lowest BCUT2D eigenvalue weighted by atomic mass is 9.87. The van der Waals surface area contributed by atoms with Crippen molar-refractivity contribution in [1.29, 1.82) is 0 Å². The third-order valence-corrected chi connectivity index (χ3v) is 5.20. The lowest BCUT2D eigenvalue weighted by molar-refractivity contribution is -0.133. The molecule has 26 heavy (non-hydrogen) atoms. The summed E-state index contributed by atoms with van der Waals surface area (Å²) in [5.41, 5.74) is 1.21. The molecule has 1 aromatic heterocycles. The minimum absolute atomic E-state index is 0.00540. The summed E-state index contributed by atoms with van der Waals surface area (Å²) in [6, 6.07) is 9.74. The van der Waals surface area contributed by atoms with Gasteiger partial charge in [0, 0.05) is 26.8 Å². The summed E-state index contributed by atoms with van der Waals surface area (Å²) in [4.78, 5) is 21.0. The van der Waals surface area contributed by atoms with E-state index in [9.17, 15) is 4.79 Å². The second-order valence-electron chi connectivity index (χ2n) is 7.13. The molecule has 3 rings (SSSR count). The van der Waals surface area contributed by atoms with E-state index in [1.54, 1.807) is 4.90 Å². The van der Waals surface area contributed by atoms with Crippen LogP contribution in [0.2, 0.25) is 0 Å². The van der Waals surface area contributed by atoms with Crippen molar-refractivity contribution in [3.8, 4) is 5.75 Å². The van der Waals surface area contributed by atoms with E-state index in [1.165, 1.54) is 5.69 Å². The number of hydrogen-bond acceptors (Lipinski definition) is 4. The van der Waals surface area contributed by atoms with Gasteiger partial charge in [0.1, 0.15) is 5.75 Å². The van der Waals surface area contributed by atoms with Crippen molar-refractivity contribution in [1.82, 2.24) is 19.4 Å². The first kappa shape index (κ1) is 18.5. The number of amides is 1. The zero-order valence-electron chi connectivity index (χ0n) is 15.8. The van der Waals surface area contributed by atoms with Crippen LogP contribution in [0, 0.1) is 5.92 Å². The highest BCUT2D eigenvalue weighted by atomic mass is 16.5. The topological polar surface area (TPSA) is 50.6 Å². The van der Waals surface area contributed by atoms with E-state index < -0.39 is 0 Å². The van der Waals surface area contributed by atoms with Crippen molar-refractivity contribution in [2.75, 3.05) is 33.8 Å². The van der Waals surface area contributed by atoms with Crippen LogP contribution in [0.5, 0.6) is 5.75 Å². The predicted octanol–water partition coefficient (Wildman–Crippen LogP) is 2.34. The monoisotopic (exact) mass is 356 g/mol. The third kappa shape index (κ3) is 4.25. The summed E-state index contributed by atoms with van der Waals surface area (Å²) in [6.45, 7) is 1.86. The highest BCUT2D eigenvalue weighted by Gasteiger charge is 2.33. The number of nitrogens with zero attached hydrogens (tertiary/aromatic N) is 4. The Morgan fingerprint density at radius 3 is 2.77 bits per heavy atom. The number of benzene rings is 1. The smallest absolute Gasteiger partial charge is 0.260 e. The van der Waals surface area contributed by atoms with Crippen LogP contribution >= 0.6 is 0 Å². The number of ether oxygens (including phenoxy) is 1. The number of para-hydroxylation sites is 1. The van der Waals surface area contributed by atoms with Gasteiger partial charge in [0.05, 0.1) is 18.1 Å². The molecule has 2 aromatic rings. The molecule has 0 bridgehead atoms. The highest BCUT2D eigenvalue weighted by Crippen LogP contribution is 2.35. The molecule has 140 valence electrons. The molecule has 0 spiro atoms. The van der Waals surface area contributed by atoms with E-state index >= 15 is 0 Å². The summed E-state index contributed by atoms with van der Waals surface area (Å²) >= 11 is 0. The molecule has 0 N–H and O–H groups in total. The molecule has 0 aliphatic carbocycles. The molecule has 1 aromatic carbocycles. The minimum atomic E-state index is 0.00540. The number of carbonyl (C=O) groups excluding carboxylic acids is 1. The summed E-state index contributed by atoms with van der Waals surface area (Å²) in [5.74, 6) is 1.11. The Labute approximate surface area is 155 Å². The van der Waals surface area contributed by atoms with Crippen LogP contribution in [0.15, 0.2) is 42.9 Å². The number of likely N-dealkylation sites (tertiary alicyclic amines) is 1. The van der Waals surface area contributed by atoms with Crippen LogP contribution in [0.4, 0.5) is 0 Å². The van der Waals surface area contributed by atoms with Crippen LogP contribution in [0.25, 0.3) is 0 Å². The van der Waals surface area contributed by atoms with Crippen molar-refractivity contribution >= 4 is 5.91 Å². The molecule has 0 unspecified atom stereocenters. The Morgan fingerprint density at radius 2 is 2.08 bits per heavy atom. The first-order valence-corrected chi connectivity index (χ1v) is 9.14. The van der Waals surface area contributed by atoms with Gasteiger partial charge in [-0.05, 0) is 44.5 Å². The zero-order chi connectivity index (χ0) is 18.5. The maximum absolute atomic E-state index is 12.5. The fourth-order valence-corrected chi connectivity index (χ4v) is 3.80. The molecule has 1 aliphatic heterocycles. The number of piperidine rings is 1. The summed E-state index contributed by atoms with van der Waals surface area (Å²) < 4.78 is 7.68. The standard InChI is InChI=1S/C20H28N4O2/c1-22-11-7-8-16(20(22)18-12-21-15-24(18)3)13-23(2)19(25)14-26-17-9-5-4-6-10-17/h4-6,9-10,12,15-16,20H,7-8,11,13-14H2,1-3H3/t16-,20+/m0/s1. The summed E-state index contributed by atoms with van der Waals surface area (Å²) in [7, 11) is 6.06. The van der Waals surface area contributed by atoms with E-state index in [4.69, 9.17) is 4.74 Å². The number of likely N-dealkylation sites (N-methyl/N-ethyl adjacent to an activating group) is 1. The molecule has 1 amide bonds. The molecule has 1 fully saturated rings. The van der Waals surface area contributed by atoms with Gasteiger partial charge in [-0.2, -0.15) is 0 Å². The Kier molecular flexibility index (Phi) is 5.93. The Bertz CT molecular complexity index is 716. The maximum Gasteiger partial charge on any atom is 0.260 e. The van der Waals surface area contributed by atoms with Crippen LogP contribution in [0.3, 0.4) is 0 Å². The van der Waals surface area contributed by atoms with Gasteiger partial charge in [-0.25, -0.2) is 4.98 Å². The second kappa shape index (κ2) is 8.36. The SMILES string of the molecule is CN(C[C@@H]1CCCN(C)[C@H]1c1cncn1C)C(=O)COc1ccccc1. The van der Waals surface area contributed by atoms with Gasteiger partial charge in [-0.1, -0.05) is 18.2 Å². The number of imidazole rings is 1. The van der Waals surface area contributed by atoms with E-state index in [1.807, 2.05) is 57.0 Å². The Morgan fingerprint density at radius 1 is 1.31 bits per heavy atom. The highest BCUT2D eigenvalue weighted by molar-refractivity contribution is 5.77. The lowest BCUT2D eigenvalue weighted by Crippen LogP contribution is -2.43. The lowest BCUT2D eigenvalue weighted by Gasteiger charge is -2.40. The van der Waals surface area contributed by atoms with E-state index in [0.29, 0.717) is 5.92 Å². The van der Waals surface area contributed by atoms with Gasteiger partial charge in [-0.3, -0.25) is 9.69 Å². The van der Waals surface area contributed by atoms with Gasteiger partial charge < -0.3 is 14.2 Å². The van der Waals surface area contributed by atoms with Gasteiger partial charge in [0.25, 0.3) is 5.91 Å². The minimum Gasteiger partial charge on any atom is -0.484 e.